The summed E-state index contributed by atoms with van der Waals surface area (Å²) in [7, 11) is 0. The van der Waals surface area contributed by atoms with Gasteiger partial charge < -0.3 is 10.2 Å². The monoisotopic (exact) mass is 279 g/mol. The Labute approximate surface area is 116 Å². The zero-order valence-corrected chi connectivity index (χ0v) is 11.5. The van der Waals surface area contributed by atoms with Crippen LogP contribution in [-0.4, -0.2) is 34.8 Å². The summed E-state index contributed by atoms with van der Waals surface area (Å²) in [4.78, 5) is 29.8. The number of rotatable bonds is 4. The number of aromatic nitrogens is 1. The molecule has 1 saturated heterocycles. The van der Waals surface area contributed by atoms with Crippen LogP contribution >= 0.6 is 11.3 Å². The first-order valence-corrected chi connectivity index (χ1v) is 7.63. The molecule has 0 unspecified atom stereocenters. The van der Waals surface area contributed by atoms with Crippen molar-refractivity contribution in [2.75, 3.05) is 18.4 Å². The van der Waals surface area contributed by atoms with Crippen LogP contribution < -0.4 is 5.32 Å². The zero-order valence-electron chi connectivity index (χ0n) is 10.7. The maximum Gasteiger partial charge on any atom is 0.229 e. The van der Waals surface area contributed by atoms with Gasteiger partial charge in [0.25, 0.3) is 0 Å². The number of likely N-dealkylation sites (tertiary alicyclic amines) is 1. The number of carbonyl (C=O) groups excluding carboxylic acids is 2. The van der Waals surface area contributed by atoms with Crippen molar-refractivity contribution in [3.8, 4) is 0 Å². The summed E-state index contributed by atoms with van der Waals surface area (Å²) in [5, 5.41) is 5.28. The summed E-state index contributed by atoms with van der Waals surface area (Å²) in [5.74, 6) is 0.383. The molecular formula is C13H17N3O2S. The van der Waals surface area contributed by atoms with Gasteiger partial charge >= 0.3 is 0 Å². The summed E-state index contributed by atoms with van der Waals surface area (Å²) in [6, 6.07) is 0. The standard InChI is InChI=1S/C13H17N3O2S/c17-11(16-5-1-2-6-16)7-10-8-19-13(14-10)15-12(18)9-3-4-9/h8-9H,1-7H2,(H,14,15,18). The van der Waals surface area contributed by atoms with Crippen molar-refractivity contribution in [1.82, 2.24) is 9.88 Å². The minimum atomic E-state index is 0.0618. The van der Waals surface area contributed by atoms with Crippen LogP contribution in [-0.2, 0) is 16.0 Å². The van der Waals surface area contributed by atoms with E-state index in [1.165, 1.54) is 11.3 Å². The third-order valence-corrected chi connectivity index (χ3v) is 4.33. The van der Waals surface area contributed by atoms with Gasteiger partial charge in [0.05, 0.1) is 12.1 Å². The largest absolute Gasteiger partial charge is 0.342 e. The number of thiazole rings is 1. The fourth-order valence-electron chi connectivity index (χ4n) is 2.23. The maximum absolute atomic E-state index is 12.0. The van der Waals surface area contributed by atoms with Crippen molar-refractivity contribution in [3.05, 3.63) is 11.1 Å². The number of nitrogens with one attached hydrogen (secondary N) is 1. The van der Waals surface area contributed by atoms with Gasteiger partial charge in [0, 0.05) is 24.4 Å². The van der Waals surface area contributed by atoms with Crippen LogP contribution in [0, 0.1) is 5.92 Å². The average Bonchev–Trinajstić information content (AvgIpc) is 2.92. The number of nitrogens with zero attached hydrogens (tertiary/aromatic N) is 2. The molecule has 3 rings (SSSR count). The molecule has 2 heterocycles. The smallest absolute Gasteiger partial charge is 0.229 e. The number of carbonyl (C=O) groups is 2. The molecular weight excluding hydrogens is 262 g/mol. The molecule has 0 atom stereocenters. The Morgan fingerprint density at radius 3 is 2.79 bits per heavy atom. The van der Waals surface area contributed by atoms with Gasteiger partial charge in [-0.3, -0.25) is 9.59 Å². The third-order valence-electron chi connectivity index (χ3n) is 3.52. The highest BCUT2D eigenvalue weighted by Gasteiger charge is 2.30. The third kappa shape index (κ3) is 3.12. The van der Waals surface area contributed by atoms with E-state index in [1.54, 1.807) is 0 Å². The van der Waals surface area contributed by atoms with Crippen LogP contribution in [0.3, 0.4) is 0 Å². The topological polar surface area (TPSA) is 62.3 Å². The summed E-state index contributed by atoms with van der Waals surface area (Å²) in [5.41, 5.74) is 0.757. The Morgan fingerprint density at radius 1 is 1.37 bits per heavy atom. The Bertz CT molecular complexity index is 490. The molecule has 0 aromatic carbocycles. The van der Waals surface area contributed by atoms with Crippen LogP contribution in [0.1, 0.15) is 31.4 Å². The average molecular weight is 279 g/mol. The Hall–Kier alpha value is -1.43. The molecule has 5 nitrogen and oxygen atoms in total. The van der Waals surface area contributed by atoms with Gasteiger partial charge in [0.15, 0.2) is 5.13 Å². The van der Waals surface area contributed by atoms with Crippen LogP contribution in [0.2, 0.25) is 0 Å². The minimum Gasteiger partial charge on any atom is -0.342 e. The molecule has 2 fully saturated rings. The molecule has 6 heteroatoms. The lowest BCUT2D eigenvalue weighted by Gasteiger charge is -2.13. The van der Waals surface area contributed by atoms with E-state index in [0.717, 1.165) is 44.5 Å². The number of amides is 2. The normalized spacial score (nSPS) is 18.6. The van der Waals surface area contributed by atoms with Gasteiger partial charge in [-0.2, -0.15) is 0 Å². The second-order valence-corrected chi connectivity index (χ2v) is 6.03. The molecule has 1 aromatic rings. The quantitative estimate of drug-likeness (QED) is 0.911. The second-order valence-electron chi connectivity index (χ2n) is 5.17. The summed E-state index contributed by atoms with van der Waals surface area (Å²) >= 11 is 1.39. The van der Waals surface area contributed by atoms with E-state index in [1.807, 2.05) is 10.3 Å². The van der Waals surface area contributed by atoms with Gasteiger partial charge in [-0.1, -0.05) is 0 Å². The van der Waals surface area contributed by atoms with Crippen LogP contribution in [0.15, 0.2) is 5.38 Å². The Kier molecular flexibility index (Phi) is 3.50. The molecule has 0 spiro atoms. The summed E-state index contributed by atoms with van der Waals surface area (Å²) in [6.07, 6.45) is 4.52. The van der Waals surface area contributed by atoms with Gasteiger partial charge in [0.2, 0.25) is 11.8 Å². The summed E-state index contributed by atoms with van der Waals surface area (Å²) < 4.78 is 0. The second kappa shape index (κ2) is 5.28. The maximum atomic E-state index is 12.0. The first kappa shape index (κ1) is 12.6. The van der Waals surface area contributed by atoms with Crippen LogP contribution in [0.4, 0.5) is 5.13 Å². The van der Waals surface area contributed by atoms with E-state index in [-0.39, 0.29) is 17.7 Å². The van der Waals surface area contributed by atoms with Crippen molar-refractivity contribution in [2.24, 2.45) is 5.92 Å². The van der Waals surface area contributed by atoms with E-state index in [4.69, 9.17) is 0 Å². The fraction of sp³-hybridized carbons (Fsp3) is 0.615. The molecule has 0 radical (unpaired) electrons. The fourth-order valence-corrected chi connectivity index (χ4v) is 2.95. The predicted molar refractivity (Wildman–Crippen MR) is 73.0 cm³/mol. The first-order chi connectivity index (χ1) is 9.22. The van der Waals surface area contributed by atoms with Crippen molar-refractivity contribution in [1.29, 1.82) is 0 Å². The summed E-state index contributed by atoms with van der Waals surface area (Å²) in [6.45, 7) is 1.74. The zero-order chi connectivity index (χ0) is 13.2. The van der Waals surface area contributed by atoms with Gasteiger partial charge in [-0.15, -0.1) is 11.3 Å². The Balaban J connectivity index is 1.54. The molecule has 1 aromatic heterocycles. The molecule has 1 N–H and O–H groups in total. The van der Waals surface area contributed by atoms with Crippen LogP contribution in [0.25, 0.3) is 0 Å². The molecule has 1 aliphatic heterocycles. The molecule has 1 aliphatic carbocycles. The highest BCUT2D eigenvalue weighted by molar-refractivity contribution is 7.13. The number of hydrogen-bond donors (Lipinski definition) is 1. The minimum absolute atomic E-state index is 0.0618. The molecule has 19 heavy (non-hydrogen) atoms. The first-order valence-electron chi connectivity index (χ1n) is 6.75. The van der Waals surface area contributed by atoms with Crippen molar-refractivity contribution in [3.63, 3.8) is 0 Å². The van der Waals surface area contributed by atoms with E-state index < -0.39 is 0 Å². The Morgan fingerprint density at radius 2 is 2.11 bits per heavy atom. The molecule has 102 valence electrons. The molecule has 2 amide bonds. The van der Waals surface area contributed by atoms with Crippen LogP contribution in [0.5, 0.6) is 0 Å². The highest BCUT2D eigenvalue weighted by atomic mass is 32.1. The molecule has 2 aliphatic rings. The van der Waals surface area contributed by atoms with E-state index in [2.05, 4.69) is 10.3 Å². The molecule has 0 bridgehead atoms. The lowest BCUT2D eigenvalue weighted by Crippen LogP contribution is -2.29. The van der Waals surface area contributed by atoms with Crippen molar-refractivity contribution >= 4 is 28.3 Å². The predicted octanol–water partition coefficient (Wildman–Crippen LogP) is 1.66. The van der Waals surface area contributed by atoms with E-state index >= 15 is 0 Å². The van der Waals surface area contributed by atoms with Crippen molar-refractivity contribution in [2.45, 2.75) is 32.1 Å². The molecule has 1 saturated carbocycles. The SMILES string of the molecule is O=C(Nc1nc(CC(=O)N2CCCC2)cs1)C1CC1. The number of hydrogen-bond acceptors (Lipinski definition) is 4. The van der Waals surface area contributed by atoms with Gasteiger partial charge in [-0.25, -0.2) is 4.98 Å². The van der Waals surface area contributed by atoms with Gasteiger partial charge in [-0.05, 0) is 25.7 Å². The lowest BCUT2D eigenvalue weighted by atomic mass is 10.3. The van der Waals surface area contributed by atoms with Crippen molar-refractivity contribution < 1.29 is 9.59 Å². The lowest BCUT2D eigenvalue weighted by molar-refractivity contribution is -0.129. The van der Waals surface area contributed by atoms with E-state index in [0.29, 0.717) is 11.6 Å². The van der Waals surface area contributed by atoms with E-state index in [9.17, 15) is 9.59 Å². The van der Waals surface area contributed by atoms with Gasteiger partial charge in [0.1, 0.15) is 0 Å². The highest BCUT2D eigenvalue weighted by Crippen LogP contribution is 2.30. The number of anilines is 1.